The van der Waals surface area contributed by atoms with Crippen molar-refractivity contribution in [3.8, 4) is 17.1 Å². The van der Waals surface area contributed by atoms with Crippen molar-refractivity contribution in [1.29, 1.82) is 0 Å². The van der Waals surface area contributed by atoms with Gasteiger partial charge in [-0.25, -0.2) is 14.1 Å². The summed E-state index contributed by atoms with van der Waals surface area (Å²) in [5, 5.41) is 34.0. The number of alkyl halides is 3. The van der Waals surface area contributed by atoms with Crippen LogP contribution in [0.4, 0.5) is 17.6 Å². The van der Waals surface area contributed by atoms with Crippen LogP contribution in [0, 0.1) is 5.82 Å². The van der Waals surface area contributed by atoms with Crippen molar-refractivity contribution in [2.45, 2.75) is 31.2 Å². The molecule has 3 aromatic rings. The molecule has 0 aliphatic rings. The number of carboxylic acid groups (broad SMARTS) is 1. The van der Waals surface area contributed by atoms with Gasteiger partial charge in [0.2, 0.25) is 0 Å². The van der Waals surface area contributed by atoms with Gasteiger partial charge in [0.05, 0.1) is 17.9 Å². The van der Waals surface area contributed by atoms with E-state index in [1.165, 1.54) is 24.4 Å². The Morgan fingerprint density at radius 1 is 1.15 bits per heavy atom. The summed E-state index contributed by atoms with van der Waals surface area (Å²) in [5.74, 6) is -2.05. The number of aliphatic hydroxyl groups is 2. The minimum atomic E-state index is -4.88. The molecule has 0 aliphatic carbocycles. The maximum absolute atomic E-state index is 13.9. The topological polar surface area (TPSA) is 111 Å². The molecule has 0 spiro atoms. The van der Waals surface area contributed by atoms with Crippen molar-refractivity contribution in [2.75, 3.05) is 0 Å². The molecule has 0 amide bonds. The number of carbonyl (C=O) groups excluding carboxylic acids is 1. The largest absolute Gasteiger partial charge is 1.00 e. The summed E-state index contributed by atoms with van der Waals surface area (Å²) < 4.78 is 56.0. The Hall–Kier alpha value is -2.57. The molecule has 2 aromatic heterocycles. The summed E-state index contributed by atoms with van der Waals surface area (Å²) in [6.45, 7) is 0. The molecule has 0 saturated carbocycles. The number of hydrogen-bond acceptors (Lipinski definition) is 6. The van der Waals surface area contributed by atoms with E-state index in [1.54, 1.807) is 12.1 Å². The third-order valence-electron chi connectivity index (χ3n) is 4.58. The number of rotatable bonds is 8. The maximum Gasteiger partial charge on any atom is 1.00 e. The van der Waals surface area contributed by atoms with Gasteiger partial charge < -0.3 is 20.1 Å². The minimum absolute atomic E-state index is 0. The standard InChI is InChI=1S/C22H19F4N3O4.Na/c23-14-6-4-13(5-7-14)20-17(9-8-15(30)11-16(31)12-19(32)33)21(22(24,25)26)28-29(20)18-3-1-2-10-27-18;/h1-10,15-16,30-31H,11-12H2,(H,32,33);/q;+1/p-1/b9-8+;/t15-,16-;/m1./s1. The molecule has 3 rings (SSSR count). The van der Waals surface area contributed by atoms with Gasteiger partial charge >= 0.3 is 35.7 Å². The van der Waals surface area contributed by atoms with Crippen LogP contribution in [0.15, 0.2) is 54.7 Å². The van der Waals surface area contributed by atoms with Gasteiger partial charge in [0.25, 0.3) is 0 Å². The Balaban J connectivity index is 0.00000408. The predicted octanol–water partition coefficient (Wildman–Crippen LogP) is -0.639. The van der Waals surface area contributed by atoms with E-state index in [0.29, 0.717) is 0 Å². The van der Waals surface area contributed by atoms with E-state index in [1.807, 2.05) is 0 Å². The van der Waals surface area contributed by atoms with Crippen LogP contribution in [0.2, 0.25) is 0 Å². The number of pyridine rings is 1. The van der Waals surface area contributed by atoms with Gasteiger partial charge in [0.1, 0.15) is 5.82 Å². The number of carboxylic acids is 1. The molecule has 0 bridgehead atoms. The molecular weight excluding hydrogens is 469 g/mol. The van der Waals surface area contributed by atoms with E-state index in [4.69, 9.17) is 0 Å². The second-order valence-corrected chi connectivity index (χ2v) is 7.11. The summed E-state index contributed by atoms with van der Waals surface area (Å²) in [4.78, 5) is 14.6. The number of nitrogens with zero attached hydrogens (tertiary/aromatic N) is 3. The molecule has 0 unspecified atom stereocenters. The number of carbonyl (C=O) groups is 1. The molecule has 7 nitrogen and oxygen atoms in total. The average Bonchev–Trinajstić information content (AvgIpc) is 3.13. The molecule has 34 heavy (non-hydrogen) atoms. The zero-order valence-electron chi connectivity index (χ0n) is 17.9. The first-order chi connectivity index (χ1) is 15.6. The molecule has 2 atom stereocenters. The fourth-order valence-corrected chi connectivity index (χ4v) is 3.17. The smallest absolute Gasteiger partial charge is 0.550 e. The van der Waals surface area contributed by atoms with E-state index in [9.17, 15) is 37.7 Å². The van der Waals surface area contributed by atoms with Gasteiger partial charge in [0.15, 0.2) is 11.5 Å². The quantitative estimate of drug-likeness (QED) is 0.323. The first-order valence-corrected chi connectivity index (χ1v) is 9.68. The number of aliphatic carboxylic acids is 1. The maximum atomic E-state index is 13.9. The third-order valence-corrected chi connectivity index (χ3v) is 4.58. The Labute approximate surface area is 213 Å². The van der Waals surface area contributed by atoms with Crippen molar-refractivity contribution in [1.82, 2.24) is 14.8 Å². The molecule has 2 N–H and O–H groups in total. The molecule has 0 saturated heterocycles. The van der Waals surface area contributed by atoms with Crippen LogP contribution in [0.1, 0.15) is 24.1 Å². The zero-order valence-corrected chi connectivity index (χ0v) is 19.9. The first-order valence-electron chi connectivity index (χ1n) is 9.68. The minimum Gasteiger partial charge on any atom is -0.550 e. The van der Waals surface area contributed by atoms with Crippen LogP contribution in [0.25, 0.3) is 23.2 Å². The fourth-order valence-electron chi connectivity index (χ4n) is 3.17. The van der Waals surface area contributed by atoms with Gasteiger partial charge in [-0.3, -0.25) is 0 Å². The van der Waals surface area contributed by atoms with Crippen molar-refractivity contribution in [3.05, 3.63) is 71.8 Å². The molecule has 12 heteroatoms. The van der Waals surface area contributed by atoms with E-state index in [2.05, 4.69) is 10.1 Å². The van der Waals surface area contributed by atoms with Gasteiger partial charge in [-0.1, -0.05) is 18.2 Å². The molecule has 0 fully saturated rings. The van der Waals surface area contributed by atoms with Gasteiger partial charge in [0, 0.05) is 36.1 Å². The molecule has 174 valence electrons. The summed E-state index contributed by atoms with van der Waals surface area (Å²) >= 11 is 0. The van der Waals surface area contributed by atoms with E-state index >= 15 is 0 Å². The van der Waals surface area contributed by atoms with Crippen LogP contribution < -0.4 is 34.7 Å². The fraction of sp³-hybridized carbons (Fsp3) is 0.227. The number of hydrogen-bond donors (Lipinski definition) is 2. The van der Waals surface area contributed by atoms with Crippen LogP contribution in [0.3, 0.4) is 0 Å². The van der Waals surface area contributed by atoms with Crippen molar-refractivity contribution < 1.29 is 67.2 Å². The molecule has 0 radical (unpaired) electrons. The Bertz CT molecular complexity index is 1140. The second kappa shape index (κ2) is 11.7. The first kappa shape index (κ1) is 27.7. The van der Waals surface area contributed by atoms with Crippen molar-refractivity contribution in [2.24, 2.45) is 0 Å². The normalized spacial score (nSPS) is 13.5. The Kier molecular flexibility index (Phi) is 9.54. The zero-order chi connectivity index (χ0) is 24.2. The van der Waals surface area contributed by atoms with Crippen LogP contribution in [-0.4, -0.2) is 43.2 Å². The van der Waals surface area contributed by atoms with Crippen LogP contribution >= 0.6 is 0 Å². The van der Waals surface area contributed by atoms with Crippen molar-refractivity contribution >= 4 is 12.0 Å². The van der Waals surface area contributed by atoms with Crippen molar-refractivity contribution in [3.63, 3.8) is 0 Å². The number of benzene rings is 1. The number of halogens is 4. The summed E-state index contributed by atoms with van der Waals surface area (Å²) in [5.41, 5.74) is -1.55. The van der Waals surface area contributed by atoms with E-state index in [0.717, 1.165) is 29.0 Å². The Morgan fingerprint density at radius 2 is 1.82 bits per heavy atom. The predicted molar refractivity (Wildman–Crippen MR) is 107 cm³/mol. The summed E-state index contributed by atoms with van der Waals surface area (Å²) in [6, 6.07) is 9.30. The molecular formula is C22H18F4N3NaO4. The van der Waals surface area contributed by atoms with E-state index in [-0.39, 0.29) is 46.6 Å². The molecule has 2 heterocycles. The molecule has 1 aromatic carbocycles. The number of aromatic nitrogens is 3. The summed E-state index contributed by atoms with van der Waals surface area (Å²) in [7, 11) is 0. The average molecular weight is 487 g/mol. The SMILES string of the molecule is O=C([O-])C[C@H](O)C[C@H](O)/C=C/c1c(C(F)(F)F)nn(-c2ccccn2)c1-c1ccc(F)cc1.[Na+]. The number of aliphatic hydroxyl groups excluding tert-OH is 2. The third kappa shape index (κ3) is 6.97. The van der Waals surface area contributed by atoms with Gasteiger partial charge in [-0.2, -0.15) is 18.3 Å². The van der Waals surface area contributed by atoms with Gasteiger partial charge in [-0.05, 0) is 36.4 Å². The van der Waals surface area contributed by atoms with E-state index < -0.39 is 54.3 Å². The van der Waals surface area contributed by atoms with Crippen LogP contribution in [0.5, 0.6) is 0 Å². The monoisotopic (exact) mass is 487 g/mol. The van der Waals surface area contributed by atoms with Crippen LogP contribution in [-0.2, 0) is 11.0 Å². The molecule has 0 aliphatic heterocycles. The van der Waals surface area contributed by atoms with Gasteiger partial charge in [-0.15, -0.1) is 0 Å². The second-order valence-electron chi connectivity index (χ2n) is 7.11. The summed E-state index contributed by atoms with van der Waals surface area (Å²) in [6.07, 6.45) is -5.64. The Morgan fingerprint density at radius 3 is 2.38 bits per heavy atom.